The zero-order valence-corrected chi connectivity index (χ0v) is 11.5. The Bertz CT molecular complexity index is 619. The van der Waals surface area contributed by atoms with E-state index in [4.69, 9.17) is 5.26 Å². The lowest BCUT2D eigenvalue weighted by Crippen LogP contribution is -2.12. The molecule has 0 unspecified atom stereocenters. The highest BCUT2D eigenvalue weighted by molar-refractivity contribution is 5.32. The van der Waals surface area contributed by atoms with E-state index in [-0.39, 0.29) is 0 Å². The van der Waals surface area contributed by atoms with Crippen molar-refractivity contribution in [1.29, 1.82) is 5.26 Å². The van der Waals surface area contributed by atoms with Crippen LogP contribution in [0.25, 0.3) is 0 Å². The molecule has 0 radical (unpaired) electrons. The summed E-state index contributed by atoms with van der Waals surface area (Å²) in [5.74, 6) is 0.813. The van der Waals surface area contributed by atoms with Crippen LogP contribution in [-0.4, -0.2) is 0 Å². The van der Waals surface area contributed by atoms with Crippen molar-refractivity contribution in [3.05, 3.63) is 70.8 Å². The fraction of sp³-hybridized carbons (Fsp3) is 0.278. The molecular weight excluding hydrogens is 244 g/mol. The second-order valence-corrected chi connectivity index (χ2v) is 5.43. The van der Waals surface area contributed by atoms with Crippen LogP contribution >= 0.6 is 0 Å². The van der Waals surface area contributed by atoms with Crippen LogP contribution in [0.15, 0.2) is 48.5 Å². The van der Waals surface area contributed by atoms with Crippen molar-refractivity contribution < 1.29 is 0 Å². The highest BCUT2D eigenvalue weighted by Crippen LogP contribution is 2.40. The van der Waals surface area contributed by atoms with Crippen molar-refractivity contribution in [2.24, 2.45) is 0 Å². The van der Waals surface area contributed by atoms with Crippen LogP contribution in [0.3, 0.4) is 0 Å². The van der Waals surface area contributed by atoms with Gasteiger partial charge in [-0.25, -0.2) is 0 Å². The molecule has 1 fully saturated rings. The molecule has 0 bridgehead atoms. The fourth-order valence-corrected chi connectivity index (χ4v) is 2.42. The predicted molar refractivity (Wildman–Crippen MR) is 80.1 cm³/mol. The molecule has 2 aromatic carbocycles. The van der Waals surface area contributed by atoms with Crippen LogP contribution in [0.1, 0.15) is 41.0 Å². The van der Waals surface area contributed by atoms with Crippen molar-refractivity contribution in [2.75, 3.05) is 0 Å². The Labute approximate surface area is 120 Å². The van der Waals surface area contributed by atoms with Crippen LogP contribution in [0.4, 0.5) is 0 Å². The molecule has 1 aliphatic carbocycles. The van der Waals surface area contributed by atoms with E-state index in [9.17, 15) is 0 Å². The monoisotopic (exact) mass is 262 g/mol. The van der Waals surface area contributed by atoms with E-state index in [2.05, 4.69) is 35.7 Å². The van der Waals surface area contributed by atoms with Crippen LogP contribution in [0.2, 0.25) is 0 Å². The molecule has 0 amide bonds. The van der Waals surface area contributed by atoms with Crippen LogP contribution < -0.4 is 5.32 Å². The molecule has 0 aliphatic heterocycles. The zero-order chi connectivity index (χ0) is 13.8. The van der Waals surface area contributed by atoms with Gasteiger partial charge < -0.3 is 5.32 Å². The summed E-state index contributed by atoms with van der Waals surface area (Å²) in [5, 5.41) is 12.2. The first-order valence-electron chi connectivity index (χ1n) is 7.14. The number of hydrogen-bond acceptors (Lipinski definition) is 2. The molecule has 20 heavy (non-hydrogen) atoms. The van der Waals surface area contributed by atoms with Gasteiger partial charge in [0, 0.05) is 13.1 Å². The Hall–Kier alpha value is -2.11. The third kappa shape index (κ3) is 3.26. The molecule has 1 aliphatic rings. The van der Waals surface area contributed by atoms with Gasteiger partial charge in [-0.2, -0.15) is 5.26 Å². The van der Waals surface area contributed by atoms with Crippen LogP contribution in [0.5, 0.6) is 0 Å². The Morgan fingerprint density at radius 1 is 1.00 bits per heavy atom. The van der Waals surface area contributed by atoms with Crippen LogP contribution in [0, 0.1) is 11.3 Å². The van der Waals surface area contributed by atoms with E-state index < -0.39 is 0 Å². The summed E-state index contributed by atoms with van der Waals surface area (Å²) in [5.41, 5.74) is 4.76. The summed E-state index contributed by atoms with van der Waals surface area (Å²) >= 11 is 0. The molecule has 0 spiro atoms. The molecule has 0 saturated heterocycles. The van der Waals surface area contributed by atoms with Gasteiger partial charge in [-0.1, -0.05) is 36.4 Å². The lowest BCUT2D eigenvalue weighted by Gasteiger charge is -2.07. The first kappa shape index (κ1) is 12.9. The van der Waals surface area contributed by atoms with Gasteiger partial charge in [0.1, 0.15) is 0 Å². The Morgan fingerprint density at radius 3 is 2.45 bits per heavy atom. The van der Waals surface area contributed by atoms with Gasteiger partial charge in [0.05, 0.1) is 11.6 Å². The van der Waals surface area contributed by atoms with Crippen molar-refractivity contribution in [2.45, 2.75) is 31.8 Å². The SMILES string of the molecule is N#Cc1ccc(CNCc2cccc(C3CC3)c2)cc1. The van der Waals surface area contributed by atoms with Crippen molar-refractivity contribution in [3.8, 4) is 6.07 Å². The molecular formula is C18H18N2. The maximum absolute atomic E-state index is 8.76. The van der Waals surface area contributed by atoms with Gasteiger partial charge in [-0.15, -0.1) is 0 Å². The Balaban J connectivity index is 1.54. The number of rotatable bonds is 5. The maximum atomic E-state index is 8.76. The van der Waals surface area contributed by atoms with Crippen LogP contribution in [-0.2, 0) is 13.1 Å². The zero-order valence-electron chi connectivity index (χ0n) is 11.5. The van der Waals surface area contributed by atoms with E-state index in [0.717, 1.165) is 19.0 Å². The maximum Gasteiger partial charge on any atom is 0.0991 e. The molecule has 3 rings (SSSR count). The lowest BCUT2D eigenvalue weighted by atomic mass is 10.1. The van der Waals surface area contributed by atoms with Gasteiger partial charge >= 0.3 is 0 Å². The lowest BCUT2D eigenvalue weighted by molar-refractivity contribution is 0.692. The van der Waals surface area contributed by atoms with Crippen molar-refractivity contribution >= 4 is 0 Å². The minimum atomic E-state index is 0.714. The van der Waals surface area contributed by atoms with E-state index in [0.29, 0.717) is 5.56 Å². The Morgan fingerprint density at radius 2 is 1.75 bits per heavy atom. The molecule has 100 valence electrons. The van der Waals surface area contributed by atoms with E-state index in [1.807, 2.05) is 24.3 Å². The van der Waals surface area contributed by atoms with Crippen molar-refractivity contribution in [3.63, 3.8) is 0 Å². The summed E-state index contributed by atoms with van der Waals surface area (Å²) in [6.07, 6.45) is 2.70. The van der Waals surface area contributed by atoms with Gasteiger partial charge in [0.25, 0.3) is 0 Å². The summed E-state index contributed by atoms with van der Waals surface area (Å²) < 4.78 is 0. The normalized spacial score (nSPS) is 13.9. The van der Waals surface area contributed by atoms with Gasteiger partial charge in [-0.05, 0) is 47.6 Å². The number of nitrogens with one attached hydrogen (secondary N) is 1. The summed E-state index contributed by atoms with van der Waals surface area (Å²) in [7, 11) is 0. The van der Waals surface area contributed by atoms with E-state index >= 15 is 0 Å². The molecule has 1 N–H and O–H groups in total. The molecule has 0 heterocycles. The fourth-order valence-electron chi connectivity index (χ4n) is 2.42. The van der Waals surface area contributed by atoms with E-state index in [1.165, 1.54) is 29.5 Å². The minimum absolute atomic E-state index is 0.714. The third-order valence-electron chi connectivity index (χ3n) is 3.74. The number of hydrogen-bond donors (Lipinski definition) is 1. The second-order valence-electron chi connectivity index (χ2n) is 5.43. The van der Waals surface area contributed by atoms with E-state index in [1.54, 1.807) is 0 Å². The molecule has 0 aromatic heterocycles. The Kier molecular flexibility index (Phi) is 3.80. The second kappa shape index (κ2) is 5.90. The number of nitriles is 1. The topological polar surface area (TPSA) is 35.8 Å². The summed E-state index contributed by atoms with van der Waals surface area (Å²) in [4.78, 5) is 0. The first-order valence-corrected chi connectivity index (χ1v) is 7.14. The number of benzene rings is 2. The smallest absolute Gasteiger partial charge is 0.0991 e. The summed E-state index contributed by atoms with van der Waals surface area (Å²) in [6, 6.07) is 18.8. The molecule has 2 nitrogen and oxygen atoms in total. The average molecular weight is 262 g/mol. The van der Waals surface area contributed by atoms with Crippen molar-refractivity contribution in [1.82, 2.24) is 5.32 Å². The first-order chi connectivity index (χ1) is 9.85. The third-order valence-corrected chi connectivity index (χ3v) is 3.74. The highest BCUT2D eigenvalue weighted by Gasteiger charge is 2.23. The van der Waals surface area contributed by atoms with Gasteiger partial charge in [-0.3, -0.25) is 0 Å². The quantitative estimate of drug-likeness (QED) is 0.891. The highest BCUT2D eigenvalue weighted by atomic mass is 14.8. The standard InChI is InChI=1S/C18H18N2/c19-11-14-4-6-15(7-5-14)12-20-13-16-2-1-3-18(10-16)17-8-9-17/h1-7,10,17,20H,8-9,12-13H2. The van der Waals surface area contributed by atoms with Gasteiger partial charge in [0.15, 0.2) is 0 Å². The predicted octanol–water partition coefficient (Wildman–Crippen LogP) is 3.73. The average Bonchev–Trinajstić information content (AvgIpc) is 3.33. The number of nitrogens with zero attached hydrogens (tertiary/aromatic N) is 1. The molecule has 2 heteroatoms. The largest absolute Gasteiger partial charge is 0.309 e. The molecule has 2 aromatic rings. The molecule has 1 saturated carbocycles. The molecule has 0 atom stereocenters. The van der Waals surface area contributed by atoms with Gasteiger partial charge in [0.2, 0.25) is 0 Å². The summed E-state index contributed by atoms with van der Waals surface area (Å²) in [6.45, 7) is 1.72. The minimum Gasteiger partial charge on any atom is -0.309 e.